The summed E-state index contributed by atoms with van der Waals surface area (Å²) in [6.45, 7) is 3.51. The quantitative estimate of drug-likeness (QED) is 0.521. The second-order valence-corrected chi connectivity index (χ2v) is 3.17. The summed E-state index contributed by atoms with van der Waals surface area (Å²) in [7, 11) is 3.32. The summed E-state index contributed by atoms with van der Waals surface area (Å²) in [5.74, 6) is 0.611. The van der Waals surface area contributed by atoms with Crippen molar-refractivity contribution in [2.24, 2.45) is 14.1 Å². The Balaban J connectivity index is 0.000000160. The van der Waals surface area contributed by atoms with Crippen molar-refractivity contribution < 1.29 is 18.5 Å². The van der Waals surface area contributed by atoms with Gasteiger partial charge in [0.25, 0.3) is 11.6 Å². The molecule has 0 aliphatic heterocycles. The van der Waals surface area contributed by atoms with Crippen molar-refractivity contribution in [3.63, 3.8) is 0 Å². The van der Waals surface area contributed by atoms with Gasteiger partial charge >= 0.3 is 11.5 Å². The van der Waals surface area contributed by atoms with E-state index in [2.05, 4.69) is 19.0 Å². The number of nitrogens with one attached hydrogen (secondary N) is 2. The van der Waals surface area contributed by atoms with Gasteiger partial charge in [-0.15, -0.1) is 0 Å². The maximum Gasteiger partial charge on any atom is 0.547 e. The molecule has 2 heterocycles. The van der Waals surface area contributed by atoms with Crippen molar-refractivity contribution in [3.8, 4) is 0 Å². The summed E-state index contributed by atoms with van der Waals surface area (Å²) in [6.07, 6.45) is 0. The minimum absolute atomic E-state index is 0.412. The van der Waals surface area contributed by atoms with Gasteiger partial charge in [-0.25, -0.2) is 9.05 Å². The Labute approximate surface area is 90.1 Å². The third kappa shape index (κ3) is 2.94. The molecule has 2 aromatic rings. The molecule has 0 aromatic carbocycles. The van der Waals surface area contributed by atoms with E-state index < -0.39 is 11.5 Å². The van der Waals surface area contributed by atoms with Crippen molar-refractivity contribution >= 4 is 0 Å². The third-order valence-corrected chi connectivity index (χ3v) is 1.95. The van der Waals surface area contributed by atoms with Crippen LogP contribution in [0.4, 0.5) is 0 Å². The van der Waals surface area contributed by atoms with Gasteiger partial charge in [0.2, 0.25) is 0 Å². The smallest absolute Gasteiger partial charge is 0.216 e. The average Bonchev–Trinajstić information content (AvgIpc) is 2.58. The number of hydrogen-bond donors (Lipinski definition) is 2. The van der Waals surface area contributed by atoms with E-state index in [9.17, 15) is 9.59 Å². The molecule has 0 bridgehead atoms. The highest BCUT2D eigenvalue weighted by molar-refractivity contribution is 4.60. The van der Waals surface area contributed by atoms with Crippen molar-refractivity contribution in [1.82, 2.24) is 9.97 Å². The van der Waals surface area contributed by atoms with Gasteiger partial charge in [-0.05, 0) is 0 Å². The molecular formula is C8H14N4O4+2. The molecule has 0 aliphatic rings. The molecule has 2 N–H and O–H groups in total. The van der Waals surface area contributed by atoms with Crippen LogP contribution in [0.25, 0.3) is 0 Å². The first-order valence-electron chi connectivity index (χ1n) is 4.52. The van der Waals surface area contributed by atoms with Gasteiger partial charge in [-0.1, -0.05) is 9.48 Å². The van der Waals surface area contributed by atoms with Crippen LogP contribution in [0, 0.1) is 13.8 Å². The van der Waals surface area contributed by atoms with Gasteiger partial charge < -0.3 is 0 Å². The fourth-order valence-electron chi connectivity index (χ4n) is 0.884. The van der Waals surface area contributed by atoms with E-state index in [0.717, 1.165) is 11.6 Å². The van der Waals surface area contributed by atoms with Crippen LogP contribution in [-0.2, 0) is 14.1 Å². The SMILES string of the molecule is Cc1[nH]c(=O)o[n+]1C.Cc1[nH]c(=O)o[n+]1C. The monoisotopic (exact) mass is 230 g/mol. The number of nitrogens with zero attached hydrogens (tertiary/aromatic N) is 2. The van der Waals surface area contributed by atoms with Crippen LogP contribution in [-0.4, -0.2) is 9.97 Å². The van der Waals surface area contributed by atoms with Crippen LogP contribution < -0.4 is 21.0 Å². The molecule has 0 aliphatic carbocycles. The van der Waals surface area contributed by atoms with E-state index in [0.29, 0.717) is 0 Å². The maximum absolute atomic E-state index is 10.3. The molecule has 88 valence electrons. The number of rotatable bonds is 0. The average molecular weight is 230 g/mol. The van der Waals surface area contributed by atoms with Crippen LogP contribution in [0.2, 0.25) is 0 Å². The van der Waals surface area contributed by atoms with Crippen LogP contribution >= 0.6 is 0 Å². The first-order valence-corrected chi connectivity index (χ1v) is 4.52. The Morgan fingerprint density at radius 2 is 1.19 bits per heavy atom. The molecule has 0 spiro atoms. The number of aryl methyl sites for hydroxylation is 4. The predicted molar refractivity (Wildman–Crippen MR) is 50.5 cm³/mol. The highest BCUT2D eigenvalue weighted by Crippen LogP contribution is 1.69. The Hall–Kier alpha value is -2.12. The molecule has 2 rings (SSSR count). The molecule has 16 heavy (non-hydrogen) atoms. The molecule has 0 fully saturated rings. The Kier molecular flexibility index (Phi) is 3.44. The fourth-order valence-corrected chi connectivity index (χ4v) is 0.884. The van der Waals surface area contributed by atoms with Gasteiger partial charge in [-0.3, -0.25) is 0 Å². The Bertz CT molecular complexity index is 476. The van der Waals surface area contributed by atoms with Crippen LogP contribution in [0.15, 0.2) is 18.6 Å². The lowest BCUT2D eigenvalue weighted by Crippen LogP contribution is -2.28. The molecule has 0 atom stereocenters. The first-order chi connectivity index (χ1) is 7.40. The molecule has 8 nitrogen and oxygen atoms in total. The molecule has 0 saturated carbocycles. The summed E-state index contributed by atoms with van der Waals surface area (Å²) in [5.41, 5.74) is 0. The third-order valence-electron chi connectivity index (χ3n) is 1.95. The minimum atomic E-state index is -0.412. The Morgan fingerprint density at radius 1 is 0.875 bits per heavy atom. The second kappa shape index (κ2) is 4.60. The van der Waals surface area contributed by atoms with Crippen LogP contribution in [0.3, 0.4) is 0 Å². The zero-order valence-electron chi connectivity index (χ0n) is 9.53. The Morgan fingerprint density at radius 3 is 1.25 bits per heavy atom. The van der Waals surface area contributed by atoms with Gasteiger partial charge in [0.15, 0.2) is 0 Å². The van der Waals surface area contributed by atoms with E-state index in [1.54, 1.807) is 27.9 Å². The highest BCUT2D eigenvalue weighted by Gasteiger charge is 2.04. The first kappa shape index (κ1) is 12.0. The van der Waals surface area contributed by atoms with Crippen molar-refractivity contribution in [2.75, 3.05) is 0 Å². The van der Waals surface area contributed by atoms with Crippen molar-refractivity contribution in [2.45, 2.75) is 13.8 Å². The molecule has 8 heteroatoms. The van der Waals surface area contributed by atoms with Gasteiger partial charge in [-0.2, -0.15) is 19.6 Å². The standard InChI is InChI=1S/2C4H6N2O2/c2*1-3-5-4(7)8-6(3)2/h2*1-2H3/p+2. The zero-order valence-corrected chi connectivity index (χ0v) is 9.53. The lowest BCUT2D eigenvalue weighted by molar-refractivity contribution is -0.852. The largest absolute Gasteiger partial charge is 0.547 e. The maximum atomic E-state index is 10.3. The highest BCUT2D eigenvalue weighted by atomic mass is 16.5. The summed E-state index contributed by atoms with van der Waals surface area (Å²) in [4.78, 5) is 25.4. The van der Waals surface area contributed by atoms with Gasteiger partial charge in [0.05, 0.1) is 0 Å². The normalized spacial score (nSPS) is 9.75. The minimum Gasteiger partial charge on any atom is -0.216 e. The van der Waals surface area contributed by atoms with E-state index in [1.807, 2.05) is 0 Å². The van der Waals surface area contributed by atoms with E-state index in [-0.39, 0.29) is 0 Å². The molecule has 2 aromatic heterocycles. The van der Waals surface area contributed by atoms with Crippen LogP contribution in [0.1, 0.15) is 11.6 Å². The van der Waals surface area contributed by atoms with Gasteiger partial charge in [0, 0.05) is 13.8 Å². The number of hydrogen-bond acceptors (Lipinski definition) is 4. The summed E-state index contributed by atoms with van der Waals surface area (Å²) < 4.78 is 11.8. The number of aromatic nitrogens is 4. The summed E-state index contributed by atoms with van der Waals surface area (Å²) in [5, 5.41) is 0. The molecule has 0 saturated heterocycles. The molecule has 0 amide bonds. The van der Waals surface area contributed by atoms with Crippen molar-refractivity contribution in [1.29, 1.82) is 0 Å². The molecule has 0 radical (unpaired) electrons. The summed E-state index contributed by atoms with van der Waals surface area (Å²) >= 11 is 0. The fraction of sp³-hybridized carbons (Fsp3) is 0.500. The lowest BCUT2D eigenvalue weighted by atomic mass is 10.7. The van der Waals surface area contributed by atoms with Gasteiger partial charge in [0.1, 0.15) is 14.1 Å². The summed E-state index contributed by atoms with van der Waals surface area (Å²) in [6, 6.07) is 0. The lowest BCUT2D eigenvalue weighted by Gasteiger charge is -1.72. The van der Waals surface area contributed by atoms with E-state index in [1.165, 1.54) is 9.48 Å². The van der Waals surface area contributed by atoms with Crippen LogP contribution in [0.5, 0.6) is 0 Å². The van der Waals surface area contributed by atoms with E-state index in [4.69, 9.17) is 0 Å². The molecular weight excluding hydrogens is 216 g/mol. The second-order valence-electron chi connectivity index (χ2n) is 3.17. The topological polar surface area (TPSA) is 99.8 Å². The van der Waals surface area contributed by atoms with E-state index >= 15 is 0 Å². The number of aromatic amines is 2. The van der Waals surface area contributed by atoms with Crippen molar-refractivity contribution in [3.05, 3.63) is 32.8 Å². The number of H-pyrrole nitrogens is 2. The predicted octanol–water partition coefficient (Wildman–Crippen LogP) is -1.80. The zero-order chi connectivity index (χ0) is 12.3. The molecule has 0 unspecified atom stereocenters.